The molecule has 1 rings (SSSR count). The zero-order valence-corrected chi connectivity index (χ0v) is 15.8. The van der Waals surface area contributed by atoms with Crippen molar-refractivity contribution in [2.24, 2.45) is 5.92 Å². The summed E-state index contributed by atoms with van der Waals surface area (Å²) in [7, 11) is 0. The molecule has 6 heteroatoms. The molecule has 0 heterocycles. The molecule has 0 unspecified atom stereocenters. The van der Waals surface area contributed by atoms with Crippen LogP contribution in [0.2, 0.25) is 0 Å². The van der Waals surface area contributed by atoms with Gasteiger partial charge in [-0.1, -0.05) is 20.8 Å². The number of rotatable bonds is 10. The molecule has 23 heavy (non-hydrogen) atoms. The van der Waals surface area contributed by atoms with Crippen LogP contribution in [0.25, 0.3) is 0 Å². The maximum atomic E-state index is 11.3. The first-order chi connectivity index (χ1) is 10.9. The molecule has 130 valence electrons. The van der Waals surface area contributed by atoms with Gasteiger partial charge in [0.2, 0.25) is 0 Å². The highest BCUT2D eigenvalue weighted by atomic mass is 79.9. The summed E-state index contributed by atoms with van der Waals surface area (Å²) in [4.78, 5) is 11.3. The summed E-state index contributed by atoms with van der Waals surface area (Å²) >= 11 is 3.51. The standard InChI is InChI=1S/C17H26BrNO4/c1-5-7-23-16-13(18)8-12(9-14(16)22-6-2)10-19-15(11(3)4)17(20)21/h8-9,11,15,19H,5-7,10H2,1-4H3,(H,20,21)/t15-/m1/s1. The number of carbonyl (C=O) groups is 1. The zero-order chi connectivity index (χ0) is 17.4. The Kier molecular flexibility index (Phi) is 8.41. The van der Waals surface area contributed by atoms with Crippen LogP contribution < -0.4 is 14.8 Å². The number of nitrogens with one attached hydrogen (secondary N) is 1. The molecule has 0 fully saturated rings. The van der Waals surface area contributed by atoms with Gasteiger partial charge in [0, 0.05) is 6.54 Å². The number of carboxylic acids is 1. The molecule has 1 aromatic carbocycles. The van der Waals surface area contributed by atoms with Crippen molar-refractivity contribution < 1.29 is 19.4 Å². The fraction of sp³-hybridized carbons (Fsp3) is 0.588. The highest BCUT2D eigenvalue weighted by Gasteiger charge is 2.21. The van der Waals surface area contributed by atoms with Gasteiger partial charge in [-0.3, -0.25) is 4.79 Å². The van der Waals surface area contributed by atoms with Crippen LogP contribution >= 0.6 is 15.9 Å². The van der Waals surface area contributed by atoms with Crippen LogP contribution in [-0.2, 0) is 11.3 Å². The number of aliphatic carboxylic acids is 1. The second-order valence-electron chi connectivity index (χ2n) is 5.63. The molecule has 0 bridgehead atoms. The van der Waals surface area contributed by atoms with E-state index in [0.29, 0.717) is 31.3 Å². The van der Waals surface area contributed by atoms with Crippen molar-refractivity contribution in [3.63, 3.8) is 0 Å². The monoisotopic (exact) mass is 387 g/mol. The van der Waals surface area contributed by atoms with E-state index in [4.69, 9.17) is 9.47 Å². The number of ether oxygens (including phenoxy) is 2. The Morgan fingerprint density at radius 2 is 2.00 bits per heavy atom. The minimum atomic E-state index is -0.841. The average Bonchev–Trinajstić information content (AvgIpc) is 2.46. The van der Waals surface area contributed by atoms with Gasteiger partial charge < -0.3 is 19.9 Å². The third-order valence-corrected chi connectivity index (χ3v) is 3.87. The van der Waals surface area contributed by atoms with Gasteiger partial charge in [-0.2, -0.15) is 0 Å². The largest absolute Gasteiger partial charge is 0.490 e. The smallest absolute Gasteiger partial charge is 0.320 e. The Bertz CT molecular complexity index is 520. The second kappa shape index (κ2) is 9.78. The topological polar surface area (TPSA) is 67.8 Å². The summed E-state index contributed by atoms with van der Waals surface area (Å²) in [5.74, 6) is 0.529. The van der Waals surface area contributed by atoms with Gasteiger partial charge in [-0.15, -0.1) is 0 Å². The molecular formula is C17H26BrNO4. The highest BCUT2D eigenvalue weighted by Crippen LogP contribution is 2.37. The maximum absolute atomic E-state index is 11.3. The fourth-order valence-corrected chi connectivity index (χ4v) is 2.77. The van der Waals surface area contributed by atoms with Crippen LogP contribution in [0, 0.1) is 5.92 Å². The Morgan fingerprint density at radius 3 is 2.52 bits per heavy atom. The van der Waals surface area contributed by atoms with E-state index in [1.807, 2.05) is 39.8 Å². The molecule has 2 N–H and O–H groups in total. The average molecular weight is 388 g/mol. The van der Waals surface area contributed by atoms with Crippen molar-refractivity contribution in [3.05, 3.63) is 22.2 Å². The van der Waals surface area contributed by atoms with Crippen molar-refractivity contribution >= 4 is 21.9 Å². The molecule has 0 aliphatic rings. The van der Waals surface area contributed by atoms with E-state index in [1.165, 1.54) is 0 Å². The van der Waals surface area contributed by atoms with Crippen LogP contribution in [-0.4, -0.2) is 30.3 Å². The lowest BCUT2D eigenvalue weighted by Gasteiger charge is -2.19. The lowest BCUT2D eigenvalue weighted by Crippen LogP contribution is -2.40. The predicted molar refractivity (Wildman–Crippen MR) is 94.2 cm³/mol. The molecule has 0 aliphatic heterocycles. The Hall–Kier alpha value is -1.27. The number of halogens is 1. The van der Waals surface area contributed by atoms with Crippen LogP contribution in [0.3, 0.4) is 0 Å². The van der Waals surface area contributed by atoms with Crippen LogP contribution in [0.5, 0.6) is 11.5 Å². The van der Waals surface area contributed by atoms with E-state index < -0.39 is 12.0 Å². The predicted octanol–water partition coefficient (Wildman–Crippen LogP) is 3.84. The molecule has 0 aromatic heterocycles. The van der Waals surface area contributed by atoms with E-state index >= 15 is 0 Å². The molecule has 0 aliphatic carbocycles. The van der Waals surface area contributed by atoms with Crippen LogP contribution in [0.15, 0.2) is 16.6 Å². The lowest BCUT2D eigenvalue weighted by atomic mass is 10.0. The Balaban J connectivity index is 2.93. The summed E-state index contributed by atoms with van der Waals surface area (Å²) in [6.07, 6.45) is 0.913. The van der Waals surface area contributed by atoms with Gasteiger partial charge in [-0.05, 0) is 52.9 Å². The summed E-state index contributed by atoms with van der Waals surface area (Å²) in [5.41, 5.74) is 0.941. The molecule has 1 atom stereocenters. The summed E-state index contributed by atoms with van der Waals surface area (Å²) in [6, 6.07) is 3.24. The van der Waals surface area contributed by atoms with Crippen LogP contribution in [0.1, 0.15) is 39.7 Å². The molecule has 5 nitrogen and oxygen atoms in total. The molecule has 0 saturated carbocycles. The third kappa shape index (κ3) is 6.03. The minimum absolute atomic E-state index is 0.00876. The summed E-state index contributed by atoms with van der Waals surface area (Å²) in [6.45, 7) is 9.33. The quantitative estimate of drug-likeness (QED) is 0.638. The van der Waals surface area contributed by atoms with Gasteiger partial charge in [0.1, 0.15) is 6.04 Å². The van der Waals surface area contributed by atoms with Crippen molar-refractivity contribution in [2.45, 2.75) is 46.7 Å². The Morgan fingerprint density at radius 1 is 1.30 bits per heavy atom. The number of hydrogen-bond donors (Lipinski definition) is 2. The number of hydrogen-bond acceptors (Lipinski definition) is 4. The first-order valence-corrected chi connectivity index (χ1v) is 8.74. The zero-order valence-electron chi connectivity index (χ0n) is 14.2. The van der Waals surface area contributed by atoms with Gasteiger partial charge in [0.05, 0.1) is 17.7 Å². The fourth-order valence-electron chi connectivity index (χ4n) is 2.17. The van der Waals surface area contributed by atoms with Crippen molar-refractivity contribution in [3.8, 4) is 11.5 Å². The molecule has 0 radical (unpaired) electrons. The van der Waals surface area contributed by atoms with Gasteiger partial charge >= 0.3 is 5.97 Å². The molecule has 0 amide bonds. The van der Waals surface area contributed by atoms with E-state index in [0.717, 1.165) is 16.5 Å². The molecule has 1 aromatic rings. The van der Waals surface area contributed by atoms with E-state index in [1.54, 1.807) is 0 Å². The highest BCUT2D eigenvalue weighted by molar-refractivity contribution is 9.10. The third-order valence-electron chi connectivity index (χ3n) is 3.28. The first-order valence-electron chi connectivity index (χ1n) is 7.94. The van der Waals surface area contributed by atoms with Crippen molar-refractivity contribution in [1.82, 2.24) is 5.32 Å². The molecule has 0 saturated heterocycles. The van der Waals surface area contributed by atoms with Crippen molar-refractivity contribution in [1.29, 1.82) is 0 Å². The Labute approximate surface area is 146 Å². The molecular weight excluding hydrogens is 362 g/mol. The normalized spacial score (nSPS) is 12.3. The van der Waals surface area contributed by atoms with Gasteiger partial charge in [0.25, 0.3) is 0 Å². The van der Waals surface area contributed by atoms with E-state index in [-0.39, 0.29) is 5.92 Å². The second-order valence-corrected chi connectivity index (χ2v) is 6.48. The van der Waals surface area contributed by atoms with E-state index in [2.05, 4.69) is 21.2 Å². The number of benzene rings is 1. The summed E-state index contributed by atoms with van der Waals surface area (Å²) in [5, 5.41) is 12.3. The number of carboxylic acid groups (broad SMARTS) is 1. The van der Waals surface area contributed by atoms with Gasteiger partial charge in [0.15, 0.2) is 11.5 Å². The summed E-state index contributed by atoms with van der Waals surface area (Å²) < 4.78 is 12.2. The van der Waals surface area contributed by atoms with Gasteiger partial charge in [-0.25, -0.2) is 0 Å². The minimum Gasteiger partial charge on any atom is -0.490 e. The lowest BCUT2D eigenvalue weighted by molar-refractivity contribution is -0.140. The van der Waals surface area contributed by atoms with E-state index in [9.17, 15) is 9.90 Å². The maximum Gasteiger partial charge on any atom is 0.320 e. The first kappa shape index (κ1) is 19.8. The van der Waals surface area contributed by atoms with Crippen molar-refractivity contribution in [2.75, 3.05) is 13.2 Å². The SMILES string of the molecule is CCCOc1c(Br)cc(CN[C@@H](C(=O)O)C(C)C)cc1OCC. The van der Waals surface area contributed by atoms with Crippen LogP contribution in [0.4, 0.5) is 0 Å². The molecule has 0 spiro atoms.